The lowest BCUT2D eigenvalue weighted by Crippen LogP contribution is -2.49. The van der Waals surface area contributed by atoms with Gasteiger partial charge in [-0.05, 0) is 43.2 Å². The molecule has 2 saturated heterocycles. The summed E-state index contributed by atoms with van der Waals surface area (Å²) in [5.74, 6) is 1.04. The third-order valence-electron chi connectivity index (χ3n) is 5.66. The van der Waals surface area contributed by atoms with Gasteiger partial charge in [0, 0.05) is 50.2 Å². The molecule has 3 heterocycles. The third kappa shape index (κ3) is 3.19. The van der Waals surface area contributed by atoms with Gasteiger partial charge in [0.2, 0.25) is 0 Å². The fourth-order valence-electron chi connectivity index (χ4n) is 4.24. The van der Waals surface area contributed by atoms with Gasteiger partial charge in [-0.15, -0.1) is 11.3 Å². The Morgan fingerprint density at radius 3 is 2.91 bits per heavy atom. The van der Waals surface area contributed by atoms with Crippen LogP contribution in [0.4, 0.5) is 0 Å². The molecule has 0 saturated carbocycles. The Balaban J connectivity index is 1.41. The van der Waals surface area contributed by atoms with Crippen LogP contribution in [0.5, 0.6) is 0 Å². The molecule has 0 aromatic carbocycles. The van der Waals surface area contributed by atoms with Crippen LogP contribution in [0, 0.1) is 5.92 Å². The number of nitrogens with zero attached hydrogens (tertiary/aromatic N) is 2. The number of fused-ring (bicyclic) bond motifs is 1. The van der Waals surface area contributed by atoms with Crippen LogP contribution in [0.2, 0.25) is 0 Å². The summed E-state index contributed by atoms with van der Waals surface area (Å²) in [7, 11) is 0. The number of aryl methyl sites for hydroxylation is 1. The molecule has 126 valence electrons. The Morgan fingerprint density at radius 2 is 2.09 bits per heavy atom. The van der Waals surface area contributed by atoms with Crippen LogP contribution >= 0.6 is 11.3 Å². The first-order valence-corrected chi connectivity index (χ1v) is 9.88. The maximum absolute atomic E-state index is 12.9. The van der Waals surface area contributed by atoms with E-state index in [4.69, 9.17) is 0 Å². The molecule has 2 atom stereocenters. The minimum absolute atomic E-state index is 0.273. The molecule has 1 aromatic rings. The Bertz CT molecular complexity index is 579. The van der Waals surface area contributed by atoms with Crippen molar-refractivity contribution in [2.45, 2.75) is 38.6 Å². The smallest absolute Gasteiger partial charge is 0.263 e. The standard InChI is InChI=1S/C18H27N3OS/c1-13-2-3-16-14(10-13)11-17(23-16)18(22)21-7-4-15(12-21)20-8-5-19-6-9-20/h11,13,15,19H,2-10,12H2,1H3. The van der Waals surface area contributed by atoms with Gasteiger partial charge in [0.15, 0.2) is 0 Å². The number of carbonyl (C=O) groups excluding carboxylic acids is 1. The van der Waals surface area contributed by atoms with Gasteiger partial charge < -0.3 is 10.2 Å². The Kier molecular flexibility index (Phi) is 4.43. The Labute approximate surface area is 142 Å². The largest absolute Gasteiger partial charge is 0.336 e. The fraction of sp³-hybridized carbons (Fsp3) is 0.722. The van der Waals surface area contributed by atoms with Crippen molar-refractivity contribution < 1.29 is 4.79 Å². The average Bonchev–Trinajstić information content (AvgIpc) is 3.21. The van der Waals surface area contributed by atoms with E-state index in [1.54, 1.807) is 11.3 Å². The SMILES string of the molecule is CC1CCc2sc(C(=O)N3CCC(N4CCNCC4)C3)cc2C1. The third-order valence-corrected chi connectivity index (χ3v) is 6.88. The Hall–Kier alpha value is -0.910. The minimum Gasteiger partial charge on any atom is -0.336 e. The summed E-state index contributed by atoms with van der Waals surface area (Å²) < 4.78 is 0. The molecule has 5 heteroatoms. The highest BCUT2D eigenvalue weighted by atomic mass is 32.1. The van der Waals surface area contributed by atoms with E-state index in [1.165, 1.54) is 16.9 Å². The van der Waals surface area contributed by atoms with Crippen LogP contribution in [-0.2, 0) is 12.8 Å². The molecule has 1 amide bonds. The normalized spacial score (nSPS) is 28.8. The highest BCUT2D eigenvalue weighted by molar-refractivity contribution is 7.14. The lowest BCUT2D eigenvalue weighted by atomic mass is 9.90. The molecule has 0 spiro atoms. The monoisotopic (exact) mass is 333 g/mol. The zero-order valence-electron chi connectivity index (χ0n) is 14.0. The number of piperazine rings is 1. The number of amides is 1. The predicted molar refractivity (Wildman–Crippen MR) is 94.3 cm³/mol. The summed E-state index contributed by atoms with van der Waals surface area (Å²) in [6, 6.07) is 2.76. The molecule has 0 bridgehead atoms. The fourth-order valence-corrected chi connectivity index (χ4v) is 5.41. The molecule has 2 unspecified atom stereocenters. The lowest BCUT2D eigenvalue weighted by molar-refractivity contribution is 0.0778. The van der Waals surface area contributed by atoms with Crippen molar-refractivity contribution in [3.63, 3.8) is 0 Å². The number of carbonyl (C=O) groups is 1. The number of hydrogen-bond donors (Lipinski definition) is 1. The van der Waals surface area contributed by atoms with Gasteiger partial charge >= 0.3 is 0 Å². The van der Waals surface area contributed by atoms with E-state index < -0.39 is 0 Å². The van der Waals surface area contributed by atoms with Crippen LogP contribution in [0.1, 0.15) is 39.9 Å². The van der Waals surface area contributed by atoms with E-state index >= 15 is 0 Å². The van der Waals surface area contributed by atoms with Crippen LogP contribution in [-0.4, -0.2) is 61.0 Å². The van der Waals surface area contributed by atoms with Gasteiger partial charge in [0.05, 0.1) is 4.88 Å². The van der Waals surface area contributed by atoms with Gasteiger partial charge in [0.1, 0.15) is 0 Å². The highest BCUT2D eigenvalue weighted by Gasteiger charge is 2.32. The number of likely N-dealkylation sites (tertiary alicyclic amines) is 1. The molecule has 1 N–H and O–H groups in total. The van der Waals surface area contributed by atoms with E-state index in [9.17, 15) is 4.79 Å². The molecular weight excluding hydrogens is 306 g/mol. The van der Waals surface area contributed by atoms with E-state index in [1.807, 2.05) is 0 Å². The summed E-state index contributed by atoms with van der Waals surface area (Å²) in [4.78, 5) is 20.0. The minimum atomic E-state index is 0.273. The zero-order chi connectivity index (χ0) is 15.8. The second kappa shape index (κ2) is 6.54. The number of rotatable bonds is 2. The molecule has 2 fully saturated rings. The first-order valence-electron chi connectivity index (χ1n) is 9.06. The van der Waals surface area contributed by atoms with E-state index in [2.05, 4.69) is 28.1 Å². The van der Waals surface area contributed by atoms with Gasteiger partial charge in [0.25, 0.3) is 5.91 Å². The van der Waals surface area contributed by atoms with Gasteiger partial charge in [-0.25, -0.2) is 0 Å². The van der Waals surface area contributed by atoms with Crippen molar-refractivity contribution in [2.24, 2.45) is 5.92 Å². The Morgan fingerprint density at radius 1 is 1.26 bits per heavy atom. The zero-order valence-corrected chi connectivity index (χ0v) is 14.8. The molecule has 0 radical (unpaired) electrons. The van der Waals surface area contributed by atoms with Crippen molar-refractivity contribution in [3.8, 4) is 0 Å². The molecule has 3 aliphatic rings. The first kappa shape index (κ1) is 15.6. The van der Waals surface area contributed by atoms with Crippen molar-refractivity contribution >= 4 is 17.2 Å². The molecule has 1 aliphatic carbocycles. The van der Waals surface area contributed by atoms with Crippen LogP contribution in [0.3, 0.4) is 0 Å². The quantitative estimate of drug-likeness (QED) is 0.899. The topological polar surface area (TPSA) is 35.6 Å². The number of nitrogens with one attached hydrogen (secondary N) is 1. The molecular formula is C18H27N3OS. The van der Waals surface area contributed by atoms with E-state index in [0.717, 1.165) is 69.3 Å². The molecule has 4 rings (SSSR count). The lowest BCUT2D eigenvalue weighted by Gasteiger charge is -2.32. The summed E-state index contributed by atoms with van der Waals surface area (Å²) >= 11 is 1.75. The van der Waals surface area contributed by atoms with E-state index in [-0.39, 0.29) is 5.91 Å². The van der Waals surface area contributed by atoms with E-state index in [0.29, 0.717) is 6.04 Å². The van der Waals surface area contributed by atoms with Gasteiger partial charge in [-0.1, -0.05) is 6.92 Å². The molecule has 1 aromatic heterocycles. The first-order chi connectivity index (χ1) is 11.2. The highest BCUT2D eigenvalue weighted by Crippen LogP contribution is 2.33. The summed E-state index contributed by atoms with van der Waals surface area (Å²) in [6.07, 6.45) is 4.73. The van der Waals surface area contributed by atoms with Crippen molar-refractivity contribution in [3.05, 3.63) is 21.4 Å². The summed E-state index contributed by atoms with van der Waals surface area (Å²) in [5.41, 5.74) is 1.44. The van der Waals surface area contributed by atoms with Crippen molar-refractivity contribution in [2.75, 3.05) is 39.3 Å². The summed E-state index contributed by atoms with van der Waals surface area (Å²) in [5, 5.41) is 3.41. The maximum atomic E-state index is 12.9. The van der Waals surface area contributed by atoms with Gasteiger partial charge in [-0.3, -0.25) is 9.69 Å². The van der Waals surface area contributed by atoms with Crippen LogP contribution < -0.4 is 5.32 Å². The number of hydrogen-bond acceptors (Lipinski definition) is 4. The second-order valence-corrected chi connectivity index (χ2v) is 8.52. The average molecular weight is 334 g/mol. The second-order valence-electron chi connectivity index (χ2n) is 7.39. The molecule has 2 aliphatic heterocycles. The molecule has 23 heavy (non-hydrogen) atoms. The summed E-state index contributed by atoms with van der Waals surface area (Å²) in [6.45, 7) is 8.57. The molecule has 4 nitrogen and oxygen atoms in total. The number of thiophene rings is 1. The predicted octanol–water partition coefficient (Wildman–Crippen LogP) is 1.99. The van der Waals surface area contributed by atoms with Crippen molar-refractivity contribution in [1.82, 2.24) is 15.1 Å². The maximum Gasteiger partial charge on any atom is 0.263 e. The van der Waals surface area contributed by atoms with Crippen LogP contribution in [0.15, 0.2) is 6.07 Å². The van der Waals surface area contributed by atoms with Crippen molar-refractivity contribution in [1.29, 1.82) is 0 Å². The van der Waals surface area contributed by atoms with Gasteiger partial charge in [-0.2, -0.15) is 0 Å². The van der Waals surface area contributed by atoms with Crippen LogP contribution in [0.25, 0.3) is 0 Å².